The fraction of sp³-hybridized carbons (Fsp3) is 0.417. The zero-order chi connectivity index (χ0) is 14.2. The van der Waals surface area contributed by atoms with E-state index in [2.05, 4.69) is 0 Å². The van der Waals surface area contributed by atoms with E-state index in [0.29, 0.717) is 0 Å². The van der Waals surface area contributed by atoms with Crippen molar-refractivity contribution >= 4 is 15.8 Å². The number of hydrogen-bond donors (Lipinski definition) is 0. The molecule has 0 bridgehead atoms. The average molecular weight is 289 g/mol. The Hall–Kier alpha value is -1.34. The third kappa shape index (κ3) is 2.66. The summed E-state index contributed by atoms with van der Waals surface area (Å²) in [6.45, 7) is 0.889. The molecule has 4 nitrogen and oxygen atoms in total. The van der Waals surface area contributed by atoms with E-state index in [9.17, 15) is 22.0 Å². The number of rotatable bonds is 3. The molecule has 0 amide bonds. The Bertz CT molecular complexity index is 585. The fourth-order valence-electron chi connectivity index (χ4n) is 2.13. The first-order valence-electron chi connectivity index (χ1n) is 5.74. The molecule has 1 heterocycles. The molecule has 1 aliphatic heterocycles. The van der Waals surface area contributed by atoms with Gasteiger partial charge in [0.2, 0.25) is 10.0 Å². The molecule has 0 spiro atoms. The number of sulfonamides is 1. The Labute approximate surface area is 110 Å². The zero-order valence-electron chi connectivity index (χ0n) is 10.2. The molecule has 1 fully saturated rings. The van der Waals surface area contributed by atoms with Crippen LogP contribution in [0.5, 0.6) is 0 Å². The summed E-state index contributed by atoms with van der Waals surface area (Å²) < 4.78 is 51.6. The molecule has 2 rings (SSSR count). The van der Waals surface area contributed by atoms with Crippen LogP contribution in [0.3, 0.4) is 0 Å². The molecule has 0 radical (unpaired) electrons. The van der Waals surface area contributed by atoms with Gasteiger partial charge >= 0.3 is 0 Å². The van der Waals surface area contributed by atoms with Crippen molar-refractivity contribution < 1.29 is 22.0 Å². The number of hydrogen-bond acceptors (Lipinski definition) is 3. The number of halogens is 2. The highest BCUT2D eigenvalue weighted by Crippen LogP contribution is 2.28. The standard InChI is InChI=1S/C12H13F2NO3S/c1-8(16)12-6-10(14)7-15(12)19(17,18)11-4-2-9(13)3-5-11/h2-5,10,12H,6-7H2,1H3. The lowest BCUT2D eigenvalue weighted by molar-refractivity contribution is -0.120. The predicted octanol–water partition coefficient (Wildman–Crippen LogP) is 1.52. The van der Waals surface area contributed by atoms with Gasteiger partial charge in [0.1, 0.15) is 17.8 Å². The van der Waals surface area contributed by atoms with Gasteiger partial charge in [-0.15, -0.1) is 0 Å². The molecule has 1 saturated heterocycles. The molecule has 7 heteroatoms. The molecule has 2 atom stereocenters. The second-order valence-electron chi connectivity index (χ2n) is 4.49. The highest BCUT2D eigenvalue weighted by Gasteiger charge is 2.42. The third-order valence-electron chi connectivity index (χ3n) is 3.09. The molecule has 19 heavy (non-hydrogen) atoms. The summed E-state index contributed by atoms with van der Waals surface area (Å²) in [5.74, 6) is -0.960. The SMILES string of the molecule is CC(=O)C1CC(F)CN1S(=O)(=O)c1ccc(F)cc1. The highest BCUT2D eigenvalue weighted by atomic mass is 32.2. The van der Waals surface area contributed by atoms with Crippen molar-refractivity contribution in [3.05, 3.63) is 30.1 Å². The van der Waals surface area contributed by atoms with Crippen molar-refractivity contribution in [3.8, 4) is 0 Å². The number of alkyl halides is 1. The van der Waals surface area contributed by atoms with Crippen molar-refractivity contribution in [1.29, 1.82) is 0 Å². The van der Waals surface area contributed by atoms with Gasteiger partial charge in [0.15, 0.2) is 0 Å². The maximum absolute atomic E-state index is 13.4. The van der Waals surface area contributed by atoms with E-state index in [-0.39, 0.29) is 17.9 Å². The first-order valence-corrected chi connectivity index (χ1v) is 7.18. The summed E-state index contributed by atoms with van der Waals surface area (Å²) in [4.78, 5) is 11.3. The Morgan fingerprint density at radius 1 is 1.32 bits per heavy atom. The van der Waals surface area contributed by atoms with Gasteiger partial charge in [-0.3, -0.25) is 4.79 Å². The van der Waals surface area contributed by atoms with Crippen molar-refractivity contribution in [2.75, 3.05) is 6.54 Å². The number of carbonyl (C=O) groups is 1. The first-order chi connectivity index (χ1) is 8.82. The molecule has 0 saturated carbocycles. The van der Waals surface area contributed by atoms with Gasteiger partial charge in [-0.05, 0) is 31.2 Å². The molecule has 1 aliphatic rings. The van der Waals surface area contributed by atoms with Gasteiger partial charge < -0.3 is 0 Å². The fourth-order valence-corrected chi connectivity index (χ4v) is 3.81. The van der Waals surface area contributed by atoms with Crippen LogP contribution in [-0.2, 0) is 14.8 Å². The quantitative estimate of drug-likeness (QED) is 0.847. The smallest absolute Gasteiger partial charge is 0.243 e. The Kier molecular flexibility index (Phi) is 3.69. The lowest BCUT2D eigenvalue weighted by atomic mass is 10.1. The molecule has 2 unspecified atom stereocenters. The van der Waals surface area contributed by atoms with Crippen LogP contribution in [-0.4, -0.2) is 37.3 Å². The topological polar surface area (TPSA) is 54.5 Å². The van der Waals surface area contributed by atoms with Crippen LogP contribution in [0.25, 0.3) is 0 Å². The van der Waals surface area contributed by atoms with Gasteiger partial charge in [0.05, 0.1) is 10.9 Å². The minimum absolute atomic E-state index is 0.129. The van der Waals surface area contributed by atoms with E-state index >= 15 is 0 Å². The van der Waals surface area contributed by atoms with Crippen LogP contribution in [0.2, 0.25) is 0 Å². The molecule has 0 aromatic heterocycles. The van der Waals surface area contributed by atoms with Crippen LogP contribution < -0.4 is 0 Å². The summed E-state index contributed by atoms with van der Waals surface area (Å²) in [7, 11) is -3.98. The minimum atomic E-state index is -3.98. The average Bonchev–Trinajstić information content (AvgIpc) is 2.73. The van der Waals surface area contributed by atoms with Crippen LogP contribution in [0.4, 0.5) is 8.78 Å². The maximum atomic E-state index is 13.4. The molecule has 0 aliphatic carbocycles. The van der Waals surface area contributed by atoms with Gasteiger partial charge in [0, 0.05) is 13.0 Å². The van der Waals surface area contributed by atoms with Crippen LogP contribution >= 0.6 is 0 Å². The largest absolute Gasteiger partial charge is 0.298 e. The van der Waals surface area contributed by atoms with Crippen molar-refractivity contribution in [3.63, 3.8) is 0 Å². The minimum Gasteiger partial charge on any atom is -0.298 e. The second-order valence-corrected chi connectivity index (χ2v) is 6.38. The lowest BCUT2D eigenvalue weighted by Gasteiger charge is -2.21. The Balaban J connectivity index is 2.38. The van der Waals surface area contributed by atoms with E-state index in [1.165, 1.54) is 6.92 Å². The molecule has 104 valence electrons. The molecular weight excluding hydrogens is 276 g/mol. The number of nitrogens with zero attached hydrogens (tertiary/aromatic N) is 1. The van der Waals surface area contributed by atoms with Crippen LogP contribution in [0.1, 0.15) is 13.3 Å². The highest BCUT2D eigenvalue weighted by molar-refractivity contribution is 7.89. The molecule has 1 aromatic rings. The summed E-state index contributed by atoms with van der Waals surface area (Å²) in [5.41, 5.74) is 0. The number of benzene rings is 1. The van der Waals surface area contributed by atoms with Gasteiger partial charge in [-0.2, -0.15) is 4.31 Å². The molecule has 1 aromatic carbocycles. The zero-order valence-corrected chi connectivity index (χ0v) is 11.0. The summed E-state index contributed by atoms with van der Waals surface area (Å²) >= 11 is 0. The number of ketones is 1. The summed E-state index contributed by atoms with van der Waals surface area (Å²) in [6.07, 6.45) is -1.49. The summed E-state index contributed by atoms with van der Waals surface area (Å²) in [6, 6.07) is 3.25. The van der Waals surface area contributed by atoms with Crippen molar-refractivity contribution in [2.45, 2.75) is 30.5 Å². The number of Topliss-reactive ketones (excluding diaryl/α,β-unsaturated/α-hetero) is 1. The summed E-state index contributed by atoms with van der Waals surface area (Å²) in [5, 5.41) is 0. The van der Waals surface area contributed by atoms with E-state index in [1.807, 2.05) is 0 Å². The molecular formula is C12H13F2NO3S. The maximum Gasteiger partial charge on any atom is 0.243 e. The van der Waals surface area contributed by atoms with Crippen LogP contribution in [0, 0.1) is 5.82 Å². The Morgan fingerprint density at radius 2 is 1.89 bits per heavy atom. The normalized spacial score (nSPS) is 24.6. The predicted molar refractivity (Wildman–Crippen MR) is 64.3 cm³/mol. The Morgan fingerprint density at radius 3 is 2.42 bits per heavy atom. The van der Waals surface area contributed by atoms with Crippen molar-refractivity contribution in [2.24, 2.45) is 0 Å². The second kappa shape index (κ2) is 4.97. The number of carbonyl (C=O) groups excluding carboxylic acids is 1. The van der Waals surface area contributed by atoms with E-state index < -0.39 is 33.8 Å². The third-order valence-corrected chi connectivity index (χ3v) is 4.98. The first kappa shape index (κ1) is 14.1. The van der Waals surface area contributed by atoms with E-state index in [0.717, 1.165) is 28.6 Å². The van der Waals surface area contributed by atoms with Gasteiger partial charge in [0.25, 0.3) is 0 Å². The van der Waals surface area contributed by atoms with E-state index in [4.69, 9.17) is 0 Å². The lowest BCUT2D eigenvalue weighted by Crippen LogP contribution is -2.39. The van der Waals surface area contributed by atoms with Gasteiger partial charge in [-0.1, -0.05) is 0 Å². The van der Waals surface area contributed by atoms with Gasteiger partial charge in [-0.25, -0.2) is 17.2 Å². The van der Waals surface area contributed by atoms with E-state index in [1.54, 1.807) is 0 Å². The monoisotopic (exact) mass is 289 g/mol. The van der Waals surface area contributed by atoms with Crippen molar-refractivity contribution in [1.82, 2.24) is 4.31 Å². The van der Waals surface area contributed by atoms with Crippen LogP contribution in [0.15, 0.2) is 29.2 Å². The molecule has 0 N–H and O–H groups in total.